The van der Waals surface area contributed by atoms with Crippen LogP contribution in [0.3, 0.4) is 0 Å². The van der Waals surface area contributed by atoms with Gasteiger partial charge < -0.3 is 10.1 Å². The first-order chi connectivity index (χ1) is 6.15. The van der Waals surface area contributed by atoms with E-state index in [2.05, 4.69) is 11.9 Å². The summed E-state index contributed by atoms with van der Waals surface area (Å²) in [5.74, 6) is -0.521. The summed E-state index contributed by atoms with van der Waals surface area (Å²) >= 11 is 0. The first-order valence-corrected chi connectivity index (χ1v) is 4.02. The molecule has 13 heavy (non-hydrogen) atoms. The Morgan fingerprint density at radius 1 is 1.85 bits per heavy atom. The van der Waals surface area contributed by atoms with Crippen LogP contribution < -0.4 is 5.32 Å². The standard InChI is InChI=1S/C8H12N2O3/c1-3-7(11)13-6(2)10-5-4-9-8(10)12/h3,6H,1,4-5H2,2H3,(H,9,12). The van der Waals surface area contributed by atoms with Gasteiger partial charge in [0.2, 0.25) is 0 Å². The van der Waals surface area contributed by atoms with Crippen molar-refractivity contribution in [2.45, 2.75) is 13.2 Å². The summed E-state index contributed by atoms with van der Waals surface area (Å²) in [6, 6.07) is -0.204. The van der Waals surface area contributed by atoms with Gasteiger partial charge in [0, 0.05) is 19.2 Å². The van der Waals surface area contributed by atoms with Gasteiger partial charge >= 0.3 is 12.0 Å². The van der Waals surface area contributed by atoms with E-state index < -0.39 is 12.2 Å². The molecule has 0 aliphatic carbocycles. The number of rotatable bonds is 3. The highest BCUT2D eigenvalue weighted by molar-refractivity contribution is 5.82. The number of carbonyl (C=O) groups excluding carboxylic acids is 2. The maximum absolute atomic E-state index is 11.1. The minimum atomic E-state index is -0.534. The van der Waals surface area contributed by atoms with E-state index in [4.69, 9.17) is 4.74 Å². The van der Waals surface area contributed by atoms with Crippen molar-refractivity contribution in [3.8, 4) is 0 Å². The Balaban J connectivity index is 2.47. The van der Waals surface area contributed by atoms with Crippen LogP contribution in [0, 0.1) is 0 Å². The highest BCUT2D eigenvalue weighted by Crippen LogP contribution is 2.05. The zero-order valence-corrected chi connectivity index (χ0v) is 7.45. The molecule has 0 aromatic rings. The first kappa shape index (κ1) is 9.57. The molecule has 2 amide bonds. The molecular formula is C8H12N2O3. The highest BCUT2D eigenvalue weighted by atomic mass is 16.6. The van der Waals surface area contributed by atoms with E-state index in [0.717, 1.165) is 6.08 Å². The van der Waals surface area contributed by atoms with Crippen molar-refractivity contribution in [1.29, 1.82) is 0 Å². The van der Waals surface area contributed by atoms with Crippen molar-refractivity contribution in [2.75, 3.05) is 13.1 Å². The Labute approximate surface area is 76.3 Å². The molecule has 1 fully saturated rings. The van der Waals surface area contributed by atoms with Crippen LogP contribution in [0.2, 0.25) is 0 Å². The molecule has 1 heterocycles. The third-order valence-electron chi connectivity index (χ3n) is 1.78. The molecule has 1 unspecified atom stereocenters. The fourth-order valence-corrected chi connectivity index (χ4v) is 1.11. The number of hydrogen-bond donors (Lipinski definition) is 1. The lowest BCUT2D eigenvalue weighted by molar-refractivity contribution is -0.148. The molecule has 0 aromatic carbocycles. The van der Waals surface area contributed by atoms with Crippen LogP contribution in [0.15, 0.2) is 12.7 Å². The molecule has 5 heteroatoms. The lowest BCUT2D eigenvalue weighted by Crippen LogP contribution is -2.38. The number of hydrogen-bond acceptors (Lipinski definition) is 3. The molecule has 1 saturated heterocycles. The predicted molar refractivity (Wildman–Crippen MR) is 45.9 cm³/mol. The van der Waals surface area contributed by atoms with E-state index in [-0.39, 0.29) is 6.03 Å². The summed E-state index contributed by atoms with van der Waals surface area (Å²) < 4.78 is 4.86. The number of urea groups is 1. The van der Waals surface area contributed by atoms with E-state index >= 15 is 0 Å². The fraction of sp³-hybridized carbons (Fsp3) is 0.500. The quantitative estimate of drug-likeness (QED) is 0.499. The highest BCUT2D eigenvalue weighted by Gasteiger charge is 2.26. The Kier molecular flexibility index (Phi) is 2.89. The van der Waals surface area contributed by atoms with Crippen molar-refractivity contribution in [3.63, 3.8) is 0 Å². The normalized spacial score (nSPS) is 17.9. The third kappa shape index (κ3) is 2.21. The van der Waals surface area contributed by atoms with Gasteiger partial charge in [-0.05, 0) is 6.92 Å². The minimum Gasteiger partial charge on any atom is -0.439 e. The van der Waals surface area contributed by atoms with Crippen LogP contribution in [0.25, 0.3) is 0 Å². The van der Waals surface area contributed by atoms with Crippen LogP contribution in [0.1, 0.15) is 6.92 Å². The number of nitrogens with one attached hydrogen (secondary N) is 1. The zero-order valence-electron chi connectivity index (χ0n) is 7.45. The van der Waals surface area contributed by atoms with Crippen LogP contribution in [0.5, 0.6) is 0 Å². The number of nitrogens with zero attached hydrogens (tertiary/aromatic N) is 1. The van der Waals surface area contributed by atoms with Gasteiger partial charge in [0.15, 0.2) is 6.23 Å². The average molecular weight is 184 g/mol. The van der Waals surface area contributed by atoms with E-state index in [0.29, 0.717) is 13.1 Å². The number of carbonyl (C=O) groups is 2. The number of amides is 2. The second kappa shape index (κ2) is 3.93. The molecule has 72 valence electrons. The second-order valence-electron chi connectivity index (χ2n) is 2.67. The van der Waals surface area contributed by atoms with E-state index in [1.165, 1.54) is 4.90 Å². The summed E-state index contributed by atoms with van der Waals surface area (Å²) in [7, 11) is 0. The van der Waals surface area contributed by atoms with E-state index in [9.17, 15) is 9.59 Å². The van der Waals surface area contributed by atoms with Crippen LogP contribution in [0.4, 0.5) is 4.79 Å². The minimum absolute atomic E-state index is 0.204. The molecule has 0 radical (unpaired) electrons. The maximum atomic E-state index is 11.1. The molecule has 0 aromatic heterocycles. The van der Waals surface area contributed by atoms with Crippen molar-refractivity contribution in [3.05, 3.63) is 12.7 Å². The molecule has 0 bridgehead atoms. The lowest BCUT2D eigenvalue weighted by Gasteiger charge is -2.21. The molecule has 1 atom stereocenters. The summed E-state index contributed by atoms with van der Waals surface area (Å²) in [6.45, 7) is 6.06. The maximum Gasteiger partial charge on any atom is 0.332 e. The van der Waals surface area contributed by atoms with Crippen LogP contribution in [-0.4, -0.2) is 36.2 Å². The lowest BCUT2D eigenvalue weighted by atomic mass is 10.5. The molecule has 5 nitrogen and oxygen atoms in total. The second-order valence-corrected chi connectivity index (χ2v) is 2.67. The van der Waals surface area contributed by atoms with Crippen molar-refractivity contribution < 1.29 is 14.3 Å². The number of esters is 1. The Hall–Kier alpha value is -1.52. The van der Waals surface area contributed by atoms with Gasteiger partial charge in [0.25, 0.3) is 0 Å². The Morgan fingerprint density at radius 3 is 3.00 bits per heavy atom. The van der Waals surface area contributed by atoms with Crippen LogP contribution in [-0.2, 0) is 9.53 Å². The largest absolute Gasteiger partial charge is 0.439 e. The van der Waals surface area contributed by atoms with E-state index in [1.54, 1.807) is 6.92 Å². The van der Waals surface area contributed by atoms with Gasteiger partial charge in [-0.25, -0.2) is 9.59 Å². The molecule has 1 aliphatic rings. The summed E-state index contributed by atoms with van der Waals surface area (Å²) in [4.78, 5) is 23.3. The SMILES string of the molecule is C=CC(=O)OC(C)N1CCNC1=O. The van der Waals surface area contributed by atoms with Gasteiger partial charge in [-0.3, -0.25) is 4.90 Å². The summed E-state index contributed by atoms with van der Waals surface area (Å²) in [5, 5.41) is 2.61. The van der Waals surface area contributed by atoms with Gasteiger partial charge in [-0.15, -0.1) is 0 Å². The van der Waals surface area contributed by atoms with Crippen molar-refractivity contribution in [1.82, 2.24) is 10.2 Å². The van der Waals surface area contributed by atoms with Crippen molar-refractivity contribution in [2.24, 2.45) is 0 Å². The molecule has 0 spiro atoms. The smallest absolute Gasteiger partial charge is 0.332 e. The Bertz CT molecular complexity index is 240. The molecule has 0 saturated carbocycles. The van der Waals surface area contributed by atoms with Gasteiger partial charge in [-0.1, -0.05) is 6.58 Å². The molecule has 1 N–H and O–H groups in total. The first-order valence-electron chi connectivity index (χ1n) is 4.02. The molecule has 1 rings (SSSR count). The summed E-state index contributed by atoms with van der Waals surface area (Å²) in [6.07, 6.45) is 0.540. The monoisotopic (exact) mass is 184 g/mol. The molecule has 1 aliphatic heterocycles. The van der Waals surface area contributed by atoms with Gasteiger partial charge in [0.1, 0.15) is 0 Å². The predicted octanol–water partition coefficient (Wildman–Crippen LogP) is 0.0868. The van der Waals surface area contributed by atoms with Gasteiger partial charge in [-0.2, -0.15) is 0 Å². The fourth-order valence-electron chi connectivity index (χ4n) is 1.11. The summed E-state index contributed by atoms with van der Waals surface area (Å²) in [5.41, 5.74) is 0. The topological polar surface area (TPSA) is 58.6 Å². The number of ether oxygens (including phenoxy) is 1. The van der Waals surface area contributed by atoms with E-state index in [1.807, 2.05) is 0 Å². The zero-order chi connectivity index (χ0) is 9.84. The van der Waals surface area contributed by atoms with Crippen molar-refractivity contribution >= 4 is 12.0 Å². The average Bonchev–Trinajstić information content (AvgIpc) is 2.51. The van der Waals surface area contributed by atoms with Gasteiger partial charge in [0.05, 0.1) is 0 Å². The van der Waals surface area contributed by atoms with Crippen LogP contribution >= 0.6 is 0 Å². The molecular weight excluding hydrogens is 172 g/mol. The Morgan fingerprint density at radius 2 is 2.54 bits per heavy atom. The third-order valence-corrected chi connectivity index (χ3v) is 1.78.